The third kappa shape index (κ3) is 4.22. The van der Waals surface area contributed by atoms with Crippen LogP contribution in [0.15, 0.2) is 109 Å². The van der Waals surface area contributed by atoms with Crippen molar-refractivity contribution in [1.29, 1.82) is 0 Å². The number of aromatic nitrogens is 1. The zero-order chi connectivity index (χ0) is 22.6. The molecular weight excluding hydrogens is 416 g/mol. The maximum Gasteiger partial charge on any atom is 0.424 e. The lowest BCUT2D eigenvalue weighted by Gasteiger charge is -2.22. The summed E-state index contributed by atoms with van der Waals surface area (Å²) in [6.07, 6.45) is 4.35. The van der Waals surface area contributed by atoms with Crippen molar-refractivity contribution in [2.24, 2.45) is 0 Å². The summed E-state index contributed by atoms with van der Waals surface area (Å²) in [5, 5.41) is 0. The number of carbonyl (C=O) groups is 2. The smallest absolute Gasteiger partial charge is 0.424 e. The van der Waals surface area contributed by atoms with Crippen molar-refractivity contribution in [3.63, 3.8) is 0 Å². The van der Waals surface area contributed by atoms with Crippen LogP contribution in [-0.4, -0.2) is 16.9 Å². The fourth-order valence-electron chi connectivity index (χ4n) is 3.50. The minimum Gasteiger partial charge on any atom is -0.452 e. The van der Waals surface area contributed by atoms with Gasteiger partial charge in [-0.05, 0) is 54.1 Å². The Morgan fingerprint density at radius 1 is 0.879 bits per heavy atom. The molecule has 5 rings (SSSR count). The highest BCUT2D eigenvalue weighted by Gasteiger charge is 2.28. The zero-order valence-corrected chi connectivity index (χ0v) is 17.4. The van der Waals surface area contributed by atoms with E-state index in [2.05, 4.69) is 4.98 Å². The summed E-state index contributed by atoms with van der Waals surface area (Å²) in [6, 6.07) is 26.8. The van der Waals surface area contributed by atoms with Crippen LogP contribution in [0.1, 0.15) is 15.9 Å². The van der Waals surface area contributed by atoms with Crippen LogP contribution in [0.4, 0.5) is 16.2 Å². The normalized spacial score (nSPS) is 13.3. The summed E-state index contributed by atoms with van der Waals surface area (Å²) in [4.78, 5) is 31.4. The van der Waals surface area contributed by atoms with Gasteiger partial charge in [0.1, 0.15) is 11.5 Å². The van der Waals surface area contributed by atoms with Gasteiger partial charge in [-0.15, -0.1) is 0 Å². The van der Waals surface area contributed by atoms with E-state index in [1.807, 2.05) is 66.7 Å². The molecule has 4 aromatic rings. The first-order valence-corrected chi connectivity index (χ1v) is 10.3. The van der Waals surface area contributed by atoms with Gasteiger partial charge in [0.05, 0.1) is 16.9 Å². The Kier molecular flexibility index (Phi) is 5.39. The summed E-state index contributed by atoms with van der Waals surface area (Å²) >= 11 is 0. The van der Waals surface area contributed by atoms with Gasteiger partial charge in [0.15, 0.2) is 5.76 Å². The molecule has 0 spiro atoms. The lowest BCUT2D eigenvalue weighted by Crippen LogP contribution is -2.29. The van der Waals surface area contributed by atoms with Gasteiger partial charge in [-0.2, -0.15) is 0 Å². The first-order valence-electron chi connectivity index (χ1n) is 10.3. The number of allylic oxidation sites excluding steroid dienone is 1. The van der Waals surface area contributed by atoms with Crippen LogP contribution >= 0.6 is 0 Å². The summed E-state index contributed by atoms with van der Waals surface area (Å²) < 4.78 is 11.4. The molecule has 1 aliphatic rings. The van der Waals surface area contributed by atoms with Gasteiger partial charge in [0, 0.05) is 18.5 Å². The zero-order valence-electron chi connectivity index (χ0n) is 17.4. The second kappa shape index (κ2) is 8.80. The highest BCUT2D eigenvalue weighted by Crippen LogP contribution is 2.35. The van der Waals surface area contributed by atoms with E-state index < -0.39 is 6.09 Å². The van der Waals surface area contributed by atoms with Gasteiger partial charge in [-0.3, -0.25) is 9.78 Å². The lowest BCUT2D eigenvalue weighted by molar-refractivity contribution is 0.101. The van der Waals surface area contributed by atoms with Crippen LogP contribution in [0, 0.1) is 0 Å². The van der Waals surface area contributed by atoms with Crippen LogP contribution in [0.3, 0.4) is 0 Å². The van der Waals surface area contributed by atoms with Crippen molar-refractivity contribution in [2.75, 3.05) is 4.90 Å². The largest absolute Gasteiger partial charge is 0.452 e. The van der Waals surface area contributed by atoms with E-state index in [0.29, 0.717) is 22.7 Å². The second-order valence-corrected chi connectivity index (χ2v) is 7.26. The molecule has 33 heavy (non-hydrogen) atoms. The Hall–Kier alpha value is -4.71. The average molecular weight is 434 g/mol. The molecule has 0 fully saturated rings. The van der Waals surface area contributed by atoms with Crippen molar-refractivity contribution in [3.8, 4) is 11.5 Å². The molecular formula is C27H18N2O4. The predicted molar refractivity (Wildman–Crippen MR) is 125 cm³/mol. The van der Waals surface area contributed by atoms with Crippen molar-refractivity contribution in [3.05, 3.63) is 120 Å². The van der Waals surface area contributed by atoms with E-state index in [9.17, 15) is 9.59 Å². The Bertz CT molecular complexity index is 1300. The number of benzene rings is 3. The number of pyridine rings is 1. The SMILES string of the molecule is O=C1C(=Cc2cccnc2)Oc2cc(OC(=O)N(c3ccccc3)c3ccccc3)ccc21. The van der Waals surface area contributed by atoms with Crippen LogP contribution in [0.5, 0.6) is 11.5 Å². The fourth-order valence-corrected chi connectivity index (χ4v) is 3.50. The van der Waals surface area contributed by atoms with Crippen molar-refractivity contribution in [2.45, 2.75) is 0 Å². The Morgan fingerprint density at radius 2 is 1.58 bits per heavy atom. The molecule has 0 N–H and O–H groups in total. The lowest BCUT2D eigenvalue weighted by atomic mass is 10.1. The maximum atomic E-state index is 13.2. The monoisotopic (exact) mass is 434 g/mol. The highest BCUT2D eigenvalue weighted by molar-refractivity contribution is 6.14. The van der Waals surface area contributed by atoms with Gasteiger partial charge < -0.3 is 9.47 Å². The molecule has 1 aliphatic heterocycles. The molecule has 3 aromatic carbocycles. The molecule has 6 nitrogen and oxygen atoms in total. The number of para-hydroxylation sites is 2. The Balaban J connectivity index is 1.40. The third-order valence-corrected chi connectivity index (χ3v) is 5.04. The summed E-state index contributed by atoms with van der Waals surface area (Å²) in [6.45, 7) is 0. The minimum atomic E-state index is -0.581. The van der Waals surface area contributed by atoms with Gasteiger partial charge >= 0.3 is 6.09 Å². The maximum absolute atomic E-state index is 13.2. The molecule has 6 heteroatoms. The van der Waals surface area contributed by atoms with E-state index in [0.717, 1.165) is 5.56 Å². The van der Waals surface area contributed by atoms with Gasteiger partial charge in [0.25, 0.3) is 0 Å². The molecule has 0 radical (unpaired) electrons. The third-order valence-electron chi connectivity index (χ3n) is 5.04. The average Bonchev–Trinajstić information content (AvgIpc) is 3.15. The first-order chi connectivity index (χ1) is 16.2. The number of ether oxygens (including phenoxy) is 2. The first kappa shape index (κ1) is 20.2. The van der Waals surface area contributed by atoms with Crippen molar-refractivity contribution in [1.82, 2.24) is 4.98 Å². The molecule has 1 amide bonds. The van der Waals surface area contributed by atoms with Gasteiger partial charge in [-0.1, -0.05) is 42.5 Å². The van der Waals surface area contributed by atoms with E-state index in [-0.39, 0.29) is 17.3 Å². The number of Topliss-reactive ketones (excluding diaryl/α,β-unsaturated/α-hetero) is 1. The number of hydrogen-bond acceptors (Lipinski definition) is 5. The van der Waals surface area contributed by atoms with E-state index in [1.54, 1.807) is 42.7 Å². The number of nitrogens with zero attached hydrogens (tertiary/aromatic N) is 2. The van der Waals surface area contributed by atoms with E-state index in [4.69, 9.17) is 9.47 Å². The quantitative estimate of drug-likeness (QED) is 0.367. The molecule has 0 bridgehead atoms. The summed E-state index contributed by atoms with van der Waals surface area (Å²) in [7, 11) is 0. The molecule has 0 unspecified atom stereocenters. The number of carbonyl (C=O) groups excluding carboxylic acids is 2. The van der Waals surface area contributed by atoms with E-state index >= 15 is 0 Å². The van der Waals surface area contributed by atoms with Crippen LogP contribution < -0.4 is 14.4 Å². The highest BCUT2D eigenvalue weighted by atomic mass is 16.6. The fraction of sp³-hybridized carbons (Fsp3) is 0. The number of fused-ring (bicyclic) bond motifs is 1. The second-order valence-electron chi connectivity index (χ2n) is 7.26. The molecule has 2 heterocycles. The molecule has 0 saturated carbocycles. The van der Waals surface area contributed by atoms with Crippen LogP contribution in [-0.2, 0) is 0 Å². The van der Waals surface area contributed by atoms with Crippen molar-refractivity contribution >= 4 is 29.3 Å². The molecule has 0 saturated heterocycles. The van der Waals surface area contributed by atoms with E-state index in [1.165, 1.54) is 4.90 Å². The molecule has 1 aromatic heterocycles. The van der Waals surface area contributed by atoms with Crippen LogP contribution in [0.25, 0.3) is 6.08 Å². The number of ketones is 1. The standard InChI is InChI=1S/C27H18N2O4/c30-26-23-14-13-22(17-24(23)33-25(26)16-19-8-7-15-28-18-19)32-27(31)29(20-9-3-1-4-10-20)21-11-5-2-6-12-21/h1-18H. The summed E-state index contributed by atoms with van der Waals surface area (Å²) in [5.41, 5.74) is 2.50. The minimum absolute atomic E-state index is 0.191. The Labute approximate surface area is 190 Å². The van der Waals surface area contributed by atoms with Crippen LogP contribution in [0.2, 0.25) is 0 Å². The molecule has 0 atom stereocenters. The topological polar surface area (TPSA) is 68.7 Å². The molecule has 160 valence electrons. The van der Waals surface area contributed by atoms with Crippen molar-refractivity contribution < 1.29 is 19.1 Å². The number of rotatable bonds is 4. The predicted octanol–water partition coefficient (Wildman–Crippen LogP) is 6.03. The summed E-state index contributed by atoms with van der Waals surface area (Å²) in [5.74, 6) is 0.566. The molecule has 0 aliphatic carbocycles. The Morgan fingerprint density at radius 3 is 2.21 bits per heavy atom. The van der Waals surface area contributed by atoms with Gasteiger partial charge in [0.2, 0.25) is 5.78 Å². The number of anilines is 2. The number of hydrogen-bond donors (Lipinski definition) is 0. The van der Waals surface area contributed by atoms with Gasteiger partial charge in [-0.25, -0.2) is 9.69 Å². The number of amides is 1.